The van der Waals surface area contributed by atoms with Crippen LogP contribution in [0.15, 0.2) is 11.6 Å². The maximum atomic E-state index is 12.3. The average molecular weight is 303 g/mol. The van der Waals surface area contributed by atoms with E-state index in [0.717, 1.165) is 37.2 Å². The van der Waals surface area contributed by atoms with E-state index in [1.165, 1.54) is 44.1 Å². The molecule has 22 heavy (non-hydrogen) atoms. The van der Waals surface area contributed by atoms with Crippen molar-refractivity contribution < 1.29 is 9.53 Å². The zero-order chi connectivity index (χ0) is 15.2. The van der Waals surface area contributed by atoms with Crippen molar-refractivity contribution in [1.29, 1.82) is 0 Å². The average Bonchev–Trinajstić information content (AvgIpc) is 2.97. The highest BCUT2D eigenvalue weighted by Crippen LogP contribution is 2.62. The zero-order valence-corrected chi connectivity index (χ0v) is 13.8. The third-order valence-corrected chi connectivity index (χ3v) is 6.75. The standard InChI is InChI=1S/C19H29NO2/c1-13(5-18(21)20-12-17-3-2-4-22-17)19-9-14-6-15(10-19)8-16(7-14)11-19/h5,14-17H,2-4,6-12H2,1H3,(H,20,21)/b13-5-/t14?,15?,16?,17-,19?/m0/s1. The van der Waals surface area contributed by atoms with Crippen molar-refractivity contribution in [3.63, 3.8) is 0 Å². The van der Waals surface area contributed by atoms with Gasteiger partial charge in [-0.25, -0.2) is 0 Å². The Labute approximate surface area is 133 Å². The maximum Gasteiger partial charge on any atom is 0.244 e. The Bertz CT molecular complexity index is 441. The minimum Gasteiger partial charge on any atom is -0.376 e. The molecule has 4 aliphatic carbocycles. The summed E-state index contributed by atoms with van der Waals surface area (Å²) in [6, 6.07) is 0. The van der Waals surface area contributed by atoms with Gasteiger partial charge in [-0.1, -0.05) is 5.57 Å². The number of hydrogen-bond donors (Lipinski definition) is 1. The number of carbonyl (C=O) groups excluding carboxylic acids is 1. The van der Waals surface area contributed by atoms with E-state index in [4.69, 9.17) is 4.74 Å². The minimum atomic E-state index is 0.0868. The van der Waals surface area contributed by atoms with Crippen molar-refractivity contribution in [2.75, 3.05) is 13.2 Å². The van der Waals surface area contributed by atoms with Gasteiger partial charge in [0.1, 0.15) is 0 Å². The van der Waals surface area contributed by atoms with Crippen LogP contribution in [0, 0.1) is 23.2 Å². The normalized spacial score (nSPS) is 43.6. The number of amides is 1. The largest absolute Gasteiger partial charge is 0.376 e. The Balaban J connectivity index is 1.39. The number of carbonyl (C=O) groups is 1. The van der Waals surface area contributed by atoms with Crippen molar-refractivity contribution in [2.24, 2.45) is 23.2 Å². The monoisotopic (exact) mass is 303 g/mol. The molecule has 0 unspecified atom stereocenters. The molecule has 3 nitrogen and oxygen atoms in total. The van der Waals surface area contributed by atoms with E-state index in [1.54, 1.807) is 0 Å². The highest BCUT2D eigenvalue weighted by Gasteiger charge is 2.51. The molecule has 4 saturated carbocycles. The lowest BCUT2D eigenvalue weighted by Gasteiger charge is -2.57. The molecule has 1 N–H and O–H groups in total. The Morgan fingerprint density at radius 2 is 1.82 bits per heavy atom. The van der Waals surface area contributed by atoms with Crippen LogP contribution >= 0.6 is 0 Å². The summed E-state index contributed by atoms with van der Waals surface area (Å²) >= 11 is 0. The van der Waals surface area contributed by atoms with E-state index in [0.29, 0.717) is 12.0 Å². The van der Waals surface area contributed by atoms with E-state index >= 15 is 0 Å². The van der Waals surface area contributed by atoms with Crippen LogP contribution in [0.2, 0.25) is 0 Å². The molecule has 5 aliphatic rings. The van der Waals surface area contributed by atoms with Crippen LogP contribution in [0.3, 0.4) is 0 Å². The van der Waals surface area contributed by atoms with Crippen molar-refractivity contribution in [1.82, 2.24) is 5.32 Å². The first-order valence-electron chi connectivity index (χ1n) is 9.21. The molecule has 1 saturated heterocycles. The summed E-state index contributed by atoms with van der Waals surface area (Å²) in [5, 5.41) is 3.05. The third kappa shape index (κ3) is 2.73. The second-order valence-electron chi connectivity index (χ2n) is 8.41. The predicted octanol–water partition coefficient (Wildman–Crippen LogP) is 3.44. The second-order valence-corrected chi connectivity index (χ2v) is 8.41. The van der Waals surface area contributed by atoms with Crippen molar-refractivity contribution in [3.8, 4) is 0 Å². The number of allylic oxidation sites excluding steroid dienone is 1. The Morgan fingerprint density at radius 1 is 1.18 bits per heavy atom. The first-order valence-corrected chi connectivity index (χ1v) is 9.21. The van der Waals surface area contributed by atoms with Crippen LogP contribution in [-0.2, 0) is 9.53 Å². The van der Waals surface area contributed by atoms with Gasteiger partial charge in [-0.2, -0.15) is 0 Å². The van der Waals surface area contributed by atoms with Gasteiger partial charge in [0.25, 0.3) is 0 Å². The Hall–Kier alpha value is -0.830. The third-order valence-electron chi connectivity index (χ3n) is 6.75. The lowest BCUT2D eigenvalue weighted by molar-refractivity contribution is -0.117. The van der Waals surface area contributed by atoms with Gasteiger partial charge in [0.2, 0.25) is 5.91 Å². The van der Waals surface area contributed by atoms with Gasteiger partial charge >= 0.3 is 0 Å². The van der Waals surface area contributed by atoms with E-state index < -0.39 is 0 Å². The molecule has 0 aromatic carbocycles. The molecule has 1 amide bonds. The lowest BCUT2D eigenvalue weighted by Crippen LogP contribution is -2.46. The van der Waals surface area contributed by atoms with Crippen molar-refractivity contribution in [3.05, 3.63) is 11.6 Å². The van der Waals surface area contributed by atoms with Gasteiger partial charge < -0.3 is 10.1 Å². The fourth-order valence-electron chi connectivity index (χ4n) is 6.01. The smallest absolute Gasteiger partial charge is 0.244 e. The minimum absolute atomic E-state index is 0.0868. The van der Waals surface area contributed by atoms with Gasteiger partial charge in [-0.05, 0) is 81.5 Å². The molecule has 5 fully saturated rings. The van der Waals surface area contributed by atoms with Crippen LogP contribution in [0.4, 0.5) is 0 Å². The van der Waals surface area contributed by atoms with Crippen LogP contribution in [0.5, 0.6) is 0 Å². The molecule has 0 spiro atoms. The Morgan fingerprint density at radius 3 is 2.36 bits per heavy atom. The fraction of sp³-hybridized carbons (Fsp3) is 0.842. The first kappa shape index (κ1) is 14.7. The SMILES string of the molecule is C/C(=C/C(=O)NC[C@@H]1CCCO1)C12CC3CC(CC(C3)C1)C2. The topological polar surface area (TPSA) is 38.3 Å². The van der Waals surface area contributed by atoms with Gasteiger partial charge in [0, 0.05) is 19.2 Å². The molecular formula is C19H29NO2. The molecule has 1 heterocycles. The summed E-state index contributed by atoms with van der Waals surface area (Å²) in [6.07, 6.45) is 12.7. The van der Waals surface area contributed by atoms with Crippen LogP contribution < -0.4 is 5.32 Å². The molecule has 1 aliphatic heterocycles. The van der Waals surface area contributed by atoms with Crippen molar-refractivity contribution in [2.45, 2.75) is 64.4 Å². The molecular weight excluding hydrogens is 274 g/mol. The molecule has 3 heteroatoms. The lowest BCUT2D eigenvalue weighted by atomic mass is 9.48. The summed E-state index contributed by atoms with van der Waals surface area (Å²) in [5.74, 6) is 2.89. The van der Waals surface area contributed by atoms with Crippen molar-refractivity contribution >= 4 is 5.91 Å². The van der Waals surface area contributed by atoms with Crippen LogP contribution in [0.1, 0.15) is 58.3 Å². The molecule has 1 atom stereocenters. The van der Waals surface area contributed by atoms with Crippen LogP contribution in [0.25, 0.3) is 0 Å². The molecule has 122 valence electrons. The van der Waals surface area contributed by atoms with Gasteiger partial charge in [-0.3, -0.25) is 4.79 Å². The van der Waals surface area contributed by atoms with E-state index in [2.05, 4.69) is 12.2 Å². The first-order chi connectivity index (χ1) is 10.6. The second kappa shape index (κ2) is 5.67. The summed E-state index contributed by atoms with van der Waals surface area (Å²) in [5.41, 5.74) is 1.70. The van der Waals surface area contributed by atoms with Gasteiger partial charge in [0.05, 0.1) is 6.10 Å². The molecule has 0 radical (unpaired) electrons. The number of rotatable bonds is 4. The zero-order valence-electron chi connectivity index (χ0n) is 13.8. The van der Waals surface area contributed by atoms with E-state index in [1.807, 2.05) is 6.08 Å². The number of nitrogens with one attached hydrogen (secondary N) is 1. The molecule has 4 bridgehead atoms. The Kier molecular flexibility index (Phi) is 3.80. The molecule has 0 aromatic heterocycles. The van der Waals surface area contributed by atoms with Crippen LogP contribution in [-0.4, -0.2) is 25.2 Å². The van der Waals surface area contributed by atoms with E-state index in [-0.39, 0.29) is 12.0 Å². The quantitative estimate of drug-likeness (QED) is 0.808. The molecule has 5 rings (SSSR count). The summed E-state index contributed by atoms with van der Waals surface area (Å²) in [4.78, 5) is 12.3. The highest BCUT2D eigenvalue weighted by molar-refractivity contribution is 5.88. The number of ether oxygens (including phenoxy) is 1. The predicted molar refractivity (Wildman–Crippen MR) is 86.3 cm³/mol. The fourth-order valence-corrected chi connectivity index (χ4v) is 6.01. The summed E-state index contributed by atoms with van der Waals surface area (Å²) in [7, 11) is 0. The highest BCUT2D eigenvalue weighted by atomic mass is 16.5. The maximum absolute atomic E-state index is 12.3. The summed E-state index contributed by atoms with van der Waals surface area (Å²) < 4.78 is 5.57. The molecule has 0 aromatic rings. The van der Waals surface area contributed by atoms with E-state index in [9.17, 15) is 4.79 Å². The van der Waals surface area contributed by atoms with Gasteiger partial charge in [0.15, 0.2) is 0 Å². The summed E-state index contributed by atoms with van der Waals surface area (Å²) in [6.45, 7) is 3.73. The number of hydrogen-bond acceptors (Lipinski definition) is 2. The van der Waals surface area contributed by atoms with Gasteiger partial charge in [-0.15, -0.1) is 0 Å².